The number of hydrogen-bond acceptors (Lipinski definition) is 4. The molecule has 0 saturated carbocycles. The van der Waals surface area contributed by atoms with Crippen molar-refractivity contribution < 1.29 is 9.47 Å². The second-order valence-electron chi connectivity index (χ2n) is 4.20. The highest BCUT2D eigenvalue weighted by Crippen LogP contribution is 1.94. The molecule has 0 aliphatic carbocycles. The highest BCUT2D eigenvalue weighted by molar-refractivity contribution is 5.77. The Hall–Kier alpha value is -0.850. The van der Waals surface area contributed by atoms with Gasteiger partial charge in [0.2, 0.25) is 0 Å². The Kier molecular flexibility index (Phi) is 8.54. The highest BCUT2D eigenvalue weighted by Gasteiger charge is 2.08. The molecule has 18 heavy (non-hydrogen) atoms. The Labute approximate surface area is 110 Å². The van der Waals surface area contributed by atoms with Crippen molar-refractivity contribution in [2.75, 3.05) is 59.2 Å². The minimum atomic E-state index is 0.528. The molecule has 0 bridgehead atoms. The minimum Gasteiger partial charge on any atom is -0.382 e. The van der Waals surface area contributed by atoms with Crippen LogP contribution in [0.4, 0.5) is 0 Å². The number of morpholine rings is 1. The number of nitrogens with zero attached hydrogens (tertiary/aromatic N) is 2. The van der Waals surface area contributed by atoms with Crippen molar-refractivity contribution >= 4 is 5.96 Å². The van der Waals surface area contributed by atoms with Crippen molar-refractivity contribution in [2.24, 2.45) is 10.7 Å². The van der Waals surface area contributed by atoms with Gasteiger partial charge in [0.1, 0.15) is 0 Å². The summed E-state index contributed by atoms with van der Waals surface area (Å²) < 4.78 is 10.5. The zero-order valence-electron chi connectivity index (χ0n) is 11.4. The fourth-order valence-corrected chi connectivity index (χ4v) is 1.73. The summed E-state index contributed by atoms with van der Waals surface area (Å²) in [6.07, 6.45) is 0.916. The van der Waals surface area contributed by atoms with Gasteiger partial charge in [-0.1, -0.05) is 0 Å². The molecular formula is C12H26N4O2. The number of guanidine groups is 1. The lowest BCUT2D eigenvalue weighted by Gasteiger charge is -2.26. The van der Waals surface area contributed by atoms with E-state index in [1.807, 2.05) is 6.92 Å². The molecule has 0 aromatic heterocycles. The van der Waals surface area contributed by atoms with Gasteiger partial charge in [-0.25, -0.2) is 0 Å². The predicted octanol–water partition coefficient (Wildman–Crippen LogP) is -0.350. The Morgan fingerprint density at radius 3 is 2.94 bits per heavy atom. The third kappa shape index (κ3) is 7.47. The lowest BCUT2D eigenvalue weighted by Crippen LogP contribution is -2.43. The molecule has 3 N–H and O–H groups in total. The zero-order chi connectivity index (χ0) is 13.1. The van der Waals surface area contributed by atoms with Crippen LogP contribution < -0.4 is 11.1 Å². The summed E-state index contributed by atoms with van der Waals surface area (Å²) >= 11 is 0. The Balaban J connectivity index is 1.97. The van der Waals surface area contributed by atoms with Crippen LogP contribution in [0.25, 0.3) is 0 Å². The van der Waals surface area contributed by atoms with Gasteiger partial charge in [-0.15, -0.1) is 0 Å². The van der Waals surface area contributed by atoms with Crippen molar-refractivity contribution in [3.05, 3.63) is 0 Å². The first-order valence-corrected chi connectivity index (χ1v) is 6.74. The second-order valence-corrected chi connectivity index (χ2v) is 4.20. The summed E-state index contributed by atoms with van der Waals surface area (Å²) in [5.74, 6) is 0.528. The van der Waals surface area contributed by atoms with E-state index in [0.717, 1.165) is 65.6 Å². The highest BCUT2D eigenvalue weighted by atomic mass is 16.5. The van der Waals surface area contributed by atoms with Gasteiger partial charge >= 0.3 is 0 Å². The summed E-state index contributed by atoms with van der Waals surface area (Å²) in [5.41, 5.74) is 5.76. The van der Waals surface area contributed by atoms with Crippen LogP contribution in [0.3, 0.4) is 0 Å². The van der Waals surface area contributed by atoms with Crippen LogP contribution in [0, 0.1) is 0 Å². The van der Waals surface area contributed by atoms with Crippen molar-refractivity contribution in [1.82, 2.24) is 10.2 Å². The Morgan fingerprint density at radius 1 is 1.44 bits per heavy atom. The molecule has 6 nitrogen and oxygen atoms in total. The van der Waals surface area contributed by atoms with Crippen molar-refractivity contribution in [2.45, 2.75) is 13.3 Å². The summed E-state index contributed by atoms with van der Waals surface area (Å²) in [6, 6.07) is 0. The van der Waals surface area contributed by atoms with Crippen LogP contribution in [-0.2, 0) is 9.47 Å². The molecule has 106 valence electrons. The third-order valence-corrected chi connectivity index (χ3v) is 2.77. The van der Waals surface area contributed by atoms with Gasteiger partial charge in [-0.05, 0) is 13.3 Å². The van der Waals surface area contributed by atoms with Gasteiger partial charge in [0, 0.05) is 45.9 Å². The maximum atomic E-state index is 5.76. The average Bonchev–Trinajstić information content (AvgIpc) is 2.40. The number of hydrogen-bond donors (Lipinski definition) is 2. The molecule has 0 atom stereocenters. The first-order chi connectivity index (χ1) is 8.83. The minimum absolute atomic E-state index is 0.528. The van der Waals surface area contributed by atoms with Crippen LogP contribution in [0.5, 0.6) is 0 Å². The number of ether oxygens (including phenoxy) is 2. The topological polar surface area (TPSA) is 72.1 Å². The first-order valence-electron chi connectivity index (χ1n) is 6.74. The molecule has 0 aromatic rings. The third-order valence-electron chi connectivity index (χ3n) is 2.77. The maximum absolute atomic E-state index is 5.76. The van der Waals surface area contributed by atoms with E-state index in [4.69, 9.17) is 15.2 Å². The number of nitrogens with two attached hydrogens (primary N) is 1. The van der Waals surface area contributed by atoms with Crippen LogP contribution in [-0.4, -0.2) is 70.0 Å². The molecule has 1 aliphatic rings. The SMILES string of the molecule is CCOCCCN=C(N)NCCN1CCOCC1. The molecule has 0 spiro atoms. The maximum Gasteiger partial charge on any atom is 0.188 e. The molecular weight excluding hydrogens is 232 g/mol. The summed E-state index contributed by atoms with van der Waals surface area (Å²) in [7, 11) is 0. The summed E-state index contributed by atoms with van der Waals surface area (Å²) in [4.78, 5) is 6.60. The molecule has 0 unspecified atom stereocenters. The number of aliphatic imine (C=N–C) groups is 1. The molecule has 0 amide bonds. The van der Waals surface area contributed by atoms with Gasteiger partial charge in [0.05, 0.1) is 13.2 Å². The molecule has 1 rings (SSSR count). The number of nitrogens with one attached hydrogen (secondary N) is 1. The van der Waals surface area contributed by atoms with Crippen LogP contribution in [0.15, 0.2) is 4.99 Å². The van der Waals surface area contributed by atoms with E-state index >= 15 is 0 Å². The second kappa shape index (κ2) is 10.1. The van der Waals surface area contributed by atoms with Crippen LogP contribution in [0.2, 0.25) is 0 Å². The van der Waals surface area contributed by atoms with Gasteiger partial charge in [-0.2, -0.15) is 0 Å². The normalized spacial score (nSPS) is 17.9. The quantitative estimate of drug-likeness (QED) is 0.354. The fraction of sp³-hybridized carbons (Fsp3) is 0.917. The Bertz CT molecular complexity index is 230. The lowest BCUT2D eigenvalue weighted by molar-refractivity contribution is 0.0389. The van der Waals surface area contributed by atoms with Crippen molar-refractivity contribution in [3.63, 3.8) is 0 Å². The zero-order valence-corrected chi connectivity index (χ0v) is 11.4. The van der Waals surface area contributed by atoms with E-state index in [1.165, 1.54) is 0 Å². The van der Waals surface area contributed by atoms with Crippen LogP contribution in [0.1, 0.15) is 13.3 Å². The van der Waals surface area contributed by atoms with E-state index in [9.17, 15) is 0 Å². The van der Waals surface area contributed by atoms with Gasteiger partial charge in [0.25, 0.3) is 0 Å². The molecule has 6 heteroatoms. The monoisotopic (exact) mass is 258 g/mol. The average molecular weight is 258 g/mol. The standard InChI is InChI=1S/C12H26N4O2/c1-2-17-9-3-4-14-12(13)15-5-6-16-7-10-18-11-8-16/h2-11H2,1H3,(H3,13,14,15). The van der Waals surface area contributed by atoms with E-state index in [2.05, 4.69) is 15.2 Å². The van der Waals surface area contributed by atoms with Gasteiger partial charge < -0.3 is 20.5 Å². The van der Waals surface area contributed by atoms with Crippen molar-refractivity contribution in [3.8, 4) is 0 Å². The molecule has 0 aromatic carbocycles. The van der Waals surface area contributed by atoms with E-state index in [1.54, 1.807) is 0 Å². The summed E-state index contributed by atoms with van der Waals surface area (Å²) in [5, 5.41) is 3.13. The van der Waals surface area contributed by atoms with Gasteiger partial charge in [-0.3, -0.25) is 9.89 Å². The largest absolute Gasteiger partial charge is 0.382 e. The molecule has 1 fully saturated rings. The lowest BCUT2D eigenvalue weighted by atomic mass is 10.4. The predicted molar refractivity (Wildman–Crippen MR) is 72.9 cm³/mol. The number of rotatable bonds is 8. The molecule has 1 saturated heterocycles. The summed E-state index contributed by atoms with van der Waals surface area (Å²) in [6.45, 7) is 9.72. The molecule has 1 heterocycles. The molecule has 1 aliphatic heterocycles. The van der Waals surface area contributed by atoms with Crippen LogP contribution >= 0.6 is 0 Å². The van der Waals surface area contributed by atoms with Gasteiger partial charge in [0.15, 0.2) is 5.96 Å². The fourth-order valence-electron chi connectivity index (χ4n) is 1.73. The van der Waals surface area contributed by atoms with E-state index < -0.39 is 0 Å². The van der Waals surface area contributed by atoms with Crippen molar-refractivity contribution in [1.29, 1.82) is 0 Å². The molecule has 0 radical (unpaired) electrons. The smallest absolute Gasteiger partial charge is 0.188 e. The Morgan fingerprint density at radius 2 is 2.22 bits per heavy atom. The first kappa shape index (κ1) is 15.2. The van der Waals surface area contributed by atoms with E-state index in [0.29, 0.717) is 5.96 Å². The van der Waals surface area contributed by atoms with E-state index in [-0.39, 0.29) is 0 Å².